The largest absolute Gasteiger partial charge is 0.208 e. The fraction of sp³-hybridized carbons (Fsp3) is 0.333. The smallest absolute Gasteiger partial charge is 0.164 e. The van der Waals surface area contributed by atoms with Gasteiger partial charge in [-0.25, -0.2) is 15.0 Å². The summed E-state index contributed by atoms with van der Waals surface area (Å²) >= 11 is 0. The standard InChI is InChI=1S/C33H32N4/c1-22-14-25-15-23(2)19-33(18-22,20-25)29-13-7-12-28(17-29)32-36-30(26-9-4-3-5-10-26)35-31(37-32)27-11-6-8-24(16-27)21-34/h3-13,16-17,22-23,25H,14-15,18-20H2,1-2H3/t22-,23+,25?,33?. The highest BCUT2D eigenvalue weighted by Crippen LogP contribution is 2.54. The van der Waals surface area contributed by atoms with Crippen molar-refractivity contribution >= 4 is 0 Å². The van der Waals surface area contributed by atoms with Crippen LogP contribution in [0.4, 0.5) is 0 Å². The van der Waals surface area contributed by atoms with E-state index in [0.29, 0.717) is 23.0 Å². The van der Waals surface area contributed by atoms with Gasteiger partial charge in [-0.15, -0.1) is 0 Å². The Morgan fingerprint density at radius 3 is 1.89 bits per heavy atom. The third kappa shape index (κ3) is 4.67. The lowest BCUT2D eigenvalue weighted by Crippen LogP contribution is -2.42. The monoisotopic (exact) mass is 484 g/mol. The van der Waals surface area contributed by atoms with Crippen LogP contribution in [0.25, 0.3) is 34.2 Å². The first-order valence-corrected chi connectivity index (χ1v) is 13.4. The van der Waals surface area contributed by atoms with Crippen LogP contribution in [-0.4, -0.2) is 15.0 Å². The molecule has 2 aliphatic rings. The van der Waals surface area contributed by atoms with Crippen molar-refractivity contribution < 1.29 is 0 Å². The molecular formula is C33H32N4. The normalized spacial score (nSPS) is 24.8. The summed E-state index contributed by atoms with van der Waals surface area (Å²) in [5, 5.41) is 9.43. The molecule has 4 nitrogen and oxygen atoms in total. The zero-order valence-electron chi connectivity index (χ0n) is 21.6. The Kier molecular flexibility index (Phi) is 6.08. The molecule has 0 spiro atoms. The fourth-order valence-corrected chi connectivity index (χ4v) is 7.12. The van der Waals surface area contributed by atoms with Crippen LogP contribution in [0.5, 0.6) is 0 Å². The molecule has 2 unspecified atom stereocenters. The highest BCUT2D eigenvalue weighted by atomic mass is 15.0. The summed E-state index contributed by atoms with van der Waals surface area (Å²) in [4.78, 5) is 14.7. The average Bonchev–Trinajstić information content (AvgIpc) is 2.92. The Labute approximate surface area is 219 Å². The van der Waals surface area contributed by atoms with Gasteiger partial charge in [-0.3, -0.25) is 0 Å². The van der Waals surface area contributed by atoms with E-state index >= 15 is 0 Å². The van der Waals surface area contributed by atoms with Crippen LogP contribution in [0.1, 0.15) is 57.1 Å². The summed E-state index contributed by atoms with van der Waals surface area (Å²) < 4.78 is 0. The second-order valence-corrected chi connectivity index (χ2v) is 11.4. The van der Waals surface area contributed by atoms with E-state index in [4.69, 9.17) is 15.0 Å². The Morgan fingerprint density at radius 2 is 1.24 bits per heavy atom. The first-order valence-electron chi connectivity index (χ1n) is 13.4. The van der Waals surface area contributed by atoms with Crippen LogP contribution in [0, 0.1) is 29.1 Å². The Bertz CT molecular complexity index is 1450. The first-order chi connectivity index (χ1) is 18.0. The number of aromatic nitrogens is 3. The van der Waals surface area contributed by atoms with Crippen molar-refractivity contribution in [3.8, 4) is 40.2 Å². The highest BCUT2D eigenvalue weighted by molar-refractivity contribution is 5.67. The SMILES string of the molecule is C[C@@H]1CC2C[C@H](C)CC(c3cccc(-c4nc(-c5ccccc5)nc(-c5cccc(C#N)c5)n4)c3)(C2)C1. The number of nitriles is 1. The lowest BCUT2D eigenvalue weighted by molar-refractivity contribution is 0.0780. The predicted octanol–water partition coefficient (Wildman–Crippen LogP) is 7.85. The van der Waals surface area contributed by atoms with Gasteiger partial charge in [0.2, 0.25) is 0 Å². The molecule has 0 N–H and O–H groups in total. The van der Waals surface area contributed by atoms with E-state index in [0.717, 1.165) is 34.4 Å². The maximum Gasteiger partial charge on any atom is 0.164 e. The third-order valence-electron chi connectivity index (χ3n) is 8.28. The molecule has 0 saturated heterocycles. The highest BCUT2D eigenvalue weighted by Gasteiger charge is 2.45. The molecule has 1 heterocycles. The Hall–Kier alpha value is -3.84. The van der Waals surface area contributed by atoms with E-state index in [1.807, 2.05) is 48.5 Å². The number of hydrogen-bond acceptors (Lipinski definition) is 4. The van der Waals surface area contributed by atoms with Crippen LogP contribution in [-0.2, 0) is 5.41 Å². The number of nitrogens with zero attached hydrogens (tertiary/aromatic N) is 4. The fourth-order valence-electron chi connectivity index (χ4n) is 7.12. The van der Waals surface area contributed by atoms with Gasteiger partial charge >= 0.3 is 0 Å². The van der Waals surface area contributed by atoms with Crippen molar-refractivity contribution in [2.75, 3.05) is 0 Å². The van der Waals surface area contributed by atoms with Gasteiger partial charge in [0.1, 0.15) is 0 Å². The quantitative estimate of drug-likeness (QED) is 0.296. The minimum atomic E-state index is 0.245. The Balaban J connectivity index is 1.47. The van der Waals surface area contributed by atoms with E-state index in [9.17, 15) is 5.26 Å². The van der Waals surface area contributed by atoms with E-state index in [-0.39, 0.29) is 5.41 Å². The summed E-state index contributed by atoms with van der Waals surface area (Å²) in [5.74, 6) is 4.25. The van der Waals surface area contributed by atoms with Crippen molar-refractivity contribution in [3.63, 3.8) is 0 Å². The zero-order chi connectivity index (χ0) is 25.4. The van der Waals surface area contributed by atoms with Crippen molar-refractivity contribution in [1.82, 2.24) is 15.0 Å². The topological polar surface area (TPSA) is 62.5 Å². The lowest BCUT2D eigenvalue weighted by Gasteiger charge is -2.50. The minimum absolute atomic E-state index is 0.245. The van der Waals surface area contributed by atoms with Crippen molar-refractivity contribution in [2.24, 2.45) is 17.8 Å². The Morgan fingerprint density at radius 1 is 0.676 bits per heavy atom. The van der Waals surface area contributed by atoms with Gasteiger partial charge in [-0.1, -0.05) is 74.5 Å². The van der Waals surface area contributed by atoms with E-state index in [1.165, 1.54) is 37.7 Å². The molecule has 1 aromatic heterocycles. The second-order valence-electron chi connectivity index (χ2n) is 11.4. The zero-order valence-corrected chi connectivity index (χ0v) is 21.6. The van der Waals surface area contributed by atoms with Crippen molar-refractivity contribution in [1.29, 1.82) is 5.26 Å². The van der Waals surface area contributed by atoms with Gasteiger partial charge in [-0.05, 0) is 79.0 Å². The molecule has 6 rings (SSSR count). The van der Waals surface area contributed by atoms with E-state index in [2.05, 4.69) is 44.2 Å². The molecule has 3 aromatic carbocycles. The predicted molar refractivity (Wildman–Crippen MR) is 147 cm³/mol. The molecule has 0 amide bonds. The summed E-state index contributed by atoms with van der Waals surface area (Å²) in [6.07, 6.45) is 6.55. The molecule has 184 valence electrons. The van der Waals surface area contributed by atoms with Crippen LogP contribution >= 0.6 is 0 Å². The minimum Gasteiger partial charge on any atom is -0.208 e. The van der Waals surface area contributed by atoms with Gasteiger partial charge in [0.15, 0.2) is 17.5 Å². The van der Waals surface area contributed by atoms with Crippen LogP contribution in [0.2, 0.25) is 0 Å². The maximum absolute atomic E-state index is 9.43. The maximum atomic E-state index is 9.43. The summed E-state index contributed by atoms with van der Waals surface area (Å²) in [7, 11) is 0. The molecule has 0 radical (unpaired) electrons. The van der Waals surface area contributed by atoms with Crippen LogP contribution < -0.4 is 0 Å². The molecule has 2 bridgehead atoms. The van der Waals surface area contributed by atoms with Gasteiger partial charge in [0, 0.05) is 16.7 Å². The number of fused-ring (bicyclic) bond motifs is 2. The third-order valence-corrected chi connectivity index (χ3v) is 8.28. The number of hydrogen-bond donors (Lipinski definition) is 0. The van der Waals surface area contributed by atoms with Crippen LogP contribution in [0.3, 0.4) is 0 Å². The van der Waals surface area contributed by atoms with Crippen LogP contribution in [0.15, 0.2) is 78.9 Å². The molecule has 2 fully saturated rings. The first kappa shape index (κ1) is 23.6. The van der Waals surface area contributed by atoms with E-state index in [1.54, 1.807) is 6.07 Å². The van der Waals surface area contributed by atoms with Crippen molar-refractivity contribution in [3.05, 3.63) is 90.0 Å². The summed E-state index contributed by atoms with van der Waals surface area (Å²) in [5.41, 5.74) is 5.06. The van der Waals surface area contributed by atoms with Gasteiger partial charge in [0.05, 0.1) is 11.6 Å². The molecule has 4 atom stereocenters. The number of benzene rings is 3. The van der Waals surface area contributed by atoms with E-state index < -0.39 is 0 Å². The van der Waals surface area contributed by atoms with Gasteiger partial charge < -0.3 is 0 Å². The molecule has 2 saturated carbocycles. The van der Waals surface area contributed by atoms with Gasteiger partial charge in [-0.2, -0.15) is 5.26 Å². The average molecular weight is 485 g/mol. The molecule has 4 heteroatoms. The van der Waals surface area contributed by atoms with Gasteiger partial charge in [0.25, 0.3) is 0 Å². The second kappa shape index (κ2) is 9.56. The molecule has 37 heavy (non-hydrogen) atoms. The molecular weight excluding hydrogens is 452 g/mol. The molecule has 4 aromatic rings. The number of rotatable bonds is 4. The summed E-state index contributed by atoms with van der Waals surface area (Å²) in [6.45, 7) is 4.86. The molecule has 0 aliphatic heterocycles. The molecule has 2 aliphatic carbocycles. The lowest BCUT2D eigenvalue weighted by atomic mass is 9.54. The summed E-state index contributed by atoms with van der Waals surface area (Å²) in [6, 6.07) is 28.7. The van der Waals surface area contributed by atoms with Crippen molar-refractivity contribution in [2.45, 2.75) is 51.4 Å².